The molecule has 0 atom stereocenters. The average Bonchev–Trinajstić information content (AvgIpc) is 3.29. The molecule has 10 heteroatoms. The summed E-state index contributed by atoms with van der Waals surface area (Å²) in [6, 6.07) is 11.7. The van der Waals surface area contributed by atoms with Crippen molar-refractivity contribution in [2.75, 3.05) is 5.32 Å². The number of nitrogens with one attached hydrogen (secondary N) is 1. The van der Waals surface area contributed by atoms with Crippen LogP contribution in [0.25, 0.3) is 15.5 Å². The van der Waals surface area contributed by atoms with Crippen molar-refractivity contribution in [2.24, 2.45) is 0 Å². The van der Waals surface area contributed by atoms with Gasteiger partial charge in [0.05, 0.1) is 4.92 Å². The smallest absolute Gasteiger partial charge is 0.273 e. The minimum Gasteiger partial charge on any atom is -0.322 e. The maximum absolute atomic E-state index is 12.6. The number of aryl methyl sites for hydroxylation is 1. The first-order valence-electron chi connectivity index (χ1n) is 8.85. The predicted molar refractivity (Wildman–Crippen MR) is 109 cm³/mol. The fraction of sp³-hybridized carbons (Fsp3) is 0.158. The van der Waals surface area contributed by atoms with Crippen LogP contribution in [0.4, 0.5) is 11.4 Å². The largest absolute Gasteiger partial charge is 0.322 e. The van der Waals surface area contributed by atoms with E-state index in [0.717, 1.165) is 27.8 Å². The van der Waals surface area contributed by atoms with Gasteiger partial charge in [-0.3, -0.25) is 14.9 Å². The summed E-state index contributed by atoms with van der Waals surface area (Å²) in [6.07, 6.45) is 0.742. The lowest BCUT2D eigenvalue weighted by Gasteiger charge is -2.08. The third kappa shape index (κ3) is 3.45. The summed E-state index contributed by atoms with van der Waals surface area (Å²) in [6.45, 7) is 3.56. The summed E-state index contributed by atoms with van der Waals surface area (Å²) in [4.78, 5) is 23.9. The van der Waals surface area contributed by atoms with Gasteiger partial charge in [0, 0.05) is 34.9 Å². The number of fused-ring (bicyclic) bond motifs is 1. The number of rotatable bonds is 5. The predicted octanol–water partition coefficient (Wildman–Crippen LogP) is 3.88. The third-order valence-corrected chi connectivity index (χ3v) is 5.46. The molecule has 29 heavy (non-hydrogen) atoms. The van der Waals surface area contributed by atoms with Crippen molar-refractivity contribution in [3.05, 3.63) is 69.5 Å². The molecule has 0 unspecified atom stereocenters. The molecule has 0 saturated carbocycles. The Bertz CT molecular complexity index is 1230. The summed E-state index contributed by atoms with van der Waals surface area (Å²) in [5.41, 5.74) is 2.00. The monoisotopic (exact) mass is 408 g/mol. The van der Waals surface area contributed by atoms with Gasteiger partial charge in [-0.1, -0.05) is 24.3 Å². The van der Waals surface area contributed by atoms with Crippen LogP contribution in [0.15, 0.2) is 42.5 Å². The Morgan fingerprint density at radius 1 is 1.21 bits per heavy atom. The summed E-state index contributed by atoms with van der Waals surface area (Å²) in [5.74, 6) is 0.407. The van der Waals surface area contributed by atoms with Gasteiger partial charge in [-0.15, -0.1) is 10.2 Å². The van der Waals surface area contributed by atoms with Crippen LogP contribution in [0.1, 0.15) is 28.7 Å². The molecule has 9 nitrogen and oxygen atoms in total. The summed E-state index contributed by atoms with van der Waals surface area (Å²) < 4.78 is 1.74. The molecule has 0 aliphatic heterocycles. The lowest BCUT2D eigenvalue weighted by Crippen LogP contribution is -2.14. The van der Waals surface area contributed by atoms with Crippen LogP contribution in [-0.4, -0.2) is 30.6 Å². The van der Waals surface area contributed by atoms with Crippen molar-refractivity contribution in [1.29, 1.82) is 0 Å². The lowest BCUT2D eigenvalue weighted by atomic mass is 10.1. The molecule has 4 rings (SSSR count). The number of aromatic nitrogens is 4. The molecule has 0 saturated heterocycles. The molecule has 0 fully saturated rings. The van der Waals surface area contributed by atoms with E-state index in [9.17, 15) is 14.9 Å². The molecule has 1 amide bonds. The first kappa shape index (κ1) is 18.7. The zero-order valence-corrected chi connectivity index (χ0v) is 16.4. The van der Waals surface area contributed by atoms with E-state index in [1.54, 1.807) is 29.6 Å². The van der Waals surface area contributed by atoms with Gasteiger partial charge in [0.1, 0.15) is 5.01 Å². The quantitative estimate of drug-likeness (QED) is 0.396. The number of carbonyl (C=O) groups is 1. The second kappa shape index (κ2) is 7.40. The Labute approximate surface area is 169 Å². The van der Waals surface area contributed by atoms with E-state index in [0.29, 0.717) is 11.3 Å². The molecule has 0 radical (unpaired) electrons. The van der Waals surface area contributed by atoms with Crippen molar-refractivity contribution < 1.29 is 9.72 Å². The molecule has 0 aliphatic rings. The van der Waals surface area contributed by atoms with E-state index in [1.807, 2.05) is 19.1 Å². The average molecular weight is 408 g/mol. The standard InChI is InChI=1S/C19H16N6O3S/c1-3-16-21-22-19-24(16)23-18(29-19)12-7-9-13(10-8-12)20-17(26)14-5-4-6-15(11(14)2)25(27)28/h4-10H,3H2,1-2H3,(H,20,26). The van der Waals surface area contributed by atoms with Gasteiger partial charge >= 0.3 is 0 Å². The second-order valence-electron chi connectivity index (χ2n) is 6.31. The molecule has 2 aromatic heterocycles. The van der Waals surface area contributed by atoms with Gasteiger partial charge in [0.15, 0.2) is 5.82 Å². The number of amides is 1. The summed E-state index contributed by atoms with van der Waals surface area (Å²) in [5, 5.41) is 27.4. The van der Waals surface area contributed by atoms with Crippen LogP contribution in [0, 0.1) is 17.0 Å². The van der Waals surface area contributed by atoms with E-state index in [2.05, 4.69) is 20.6 Å². The first-order chi connectivity index (χ1) is 14.0. The number of nitro benzene ring substituents is 1. The highest BCUT2D eigenvalue weighted by Crippen LogP contribution is 2.27. The highest BCUT2D eigenvalue weighted by atomic mass is 32.1. The number of benzene rings is 2. The van der Waals surface area contributed by atoms with E-state index in [4.69, 9.17) is 0 Å². The van der Waals surface area contributed by atoms with E-state index >= 15 is 0 Å². The number of carbonyl (C=O) groups excluding carboxylic acids is 1. The van der Waals surface area contributed by atoms with Gasteiger partial charge in [0.25, 0.3) is 11.6 Å². The number of hydrogen-bond donors (Lipinski definition) is 1. The Morgan fingerprint density at radius 3 is 2.66 bits per heavy atom. The molecule has 0 bridgehead atoms. The Morgan fingerprint density at radius 2 is 1.97 bits per heavy atom. The van der Waals surface area contributed by atoms with Crippen LogP contribution >= 0.6 is 11.3 Å². The normalized spacial score (nSPS) is 11.0. The summed E-state index contributed by atoms with van der Waals surface area (Å²) in [7, 11) is 0. The van der Waals surface area contributed by atoms with Crippen LogP contribution in [0.5, 0.6) is 0 Å². The zero-order valence-electron chi connectivity index (χ0n) is 15.6. The SMILES string of the molecule is CCc1nnc2sc(-c3ccc(NC(=O)c4cccc([N+](=O)[O-])c4C)cc3)nn12. The molecule has 2 aromatic carbocycles. The number of hydrogen-bond acceptors (Lipinski definition) is 7. The van der Waals surface area contributed by atoms with Crippen molar-refractivity contribution in [1.82, 2.24) is 19.8 Å². The molecule has 2 heterocycles. The van der Waals surface area contributed by atoms with Gasteiger partial charge in [-0.2, -0.15) is 9.61 Å². The first-order valence-corrected chi connectivity index (χ1v) is 9.66. The van der Waals surface area contributed by atoms with Gasteiger partial charge < -0.3 is 5.32 Å². The van der Waals surface area contributed by atoms with E-state index in [1.165, 1.54) is 23.5 Å². The molecular weight excluding hydrogens is 392 g/mol. The molecule has 4 aromatic rings. The molecule has 1 N–H and O–H groups in total. The maximum atomic E-state index is 12.6. The fourth-order valence-corrected chi connectivity index (χ4v) is 3.82. The second-order valence-corrected chi connectivity index (χ2v) is 7.27. The van der Waals surface area contributed by atoms with Crippen LogP contribution in [0.3, 0.4) is 0 Å². The Kier molecular flexibility index (Phi) is 4.77. The van der Waals surface area contributed by atoms with Crippen molar-refractivity contribution >= 4 is 33.6 Å². The minimum atomic E-state index is -0.495. The minimum absolute atomic E-state index is 0.0808. The van der Waals surface area contributed by atoms with Crippen molar-refractivity contribution in [3.8, 4) is 10.6 Å². The number of nitrogens with zero attached hydrogens (tertiary/aromatic N) is 5. The topological polar surface area (TPSA) is 115 Å². The van der Waals surface area contributed by atoms with Crippen molar-refractivity contribution in [2.45, 2.75) is 20.3 Å². The van der Waals surface area contributed by atoms with Crippen LogP contribution < -0.4 is 5.32 Å². The van der Waals surface area contributed by atoms with Gasteiger partial charge in [-0.25, -0.2) is 0 Å². The Hall–Kier alpha value is -3.66. The lowest BCUT2D eigenvalue weighted by molar-refractivity contribution is -0.385. The van der Waals surface area contributed by atoms with Crippen LogP contribution in [0.2, 0.25) is 0 Å². The van der Waals surface area contributed by atoms with Crippen LogP contribution in [-0.2, 0) is 6.42 Å². The van der Waals surface area contributed by atoms with Gasteiger partial charge in [0.2, 0.25) is 4.96 Å². The van der Waals surface area contributed by atoms with E-state index < -0.39 is 10.8 Å². The molecule has 146 valence electrons. The molecular formula is C19H16N6O3S. The van der Waals surface area contributed by atoms with Crippen molar-refractivity contribution in [3.63, 3.8) is 0 Å². The molecule has 0 aliphatic carbocycles. The maximum Gasteiger partial charge on any atom is 0.273 e. The third-order valence-electron chi connectivity index (χ3n) is 4.51. The molecule has 0 spiro atoms. The fourth-order valence-electron chi connectivity index (χ4n) is 2.96. The summed E-state index contributed by atoms with van der Waals surface area (Å²) >= 11 is 1.44. The highest BCUT2D eigenvalue weighted by molar-refractivity contribution is 7.19. The number of nitro groups is 1. The Balaban J connectivity index is 1.55. The highest BCUT2D eigenvalue weighted by Gasteiger charge is 2.18. The van der Waals surface area contributed by atoms with Gasteiger partial charge in [-0.05, 0) is 37.3 Å². The number of anilines is 1. The van der Waals surface area contributed by atoms with E-state index in [-0.39, 0.29) is 11.3 Å². The zero-order chi connectivity index (χ0) is 20.5.